The molecule has 0 radical (unpaired) electrons. The molecule has 2 rings (SSSR count). The third-order valence-electron chi connectivity index (χ3n) is 4.76. The van der Waals surface area contributed by atoms with Gasteiger partial charge < -0.3 is 5.11 Å². The third-order valence-corrected chi connectivity index (χ3v) is 4.76. The first-order valence-corrected chi connectivity index (χ1v) is 7.68. The second-order valence-corrected chi connectivity index (χ2v) is 7.01. The molecule has 0 amide bonds. The van der Waals surface area contributed by atoms with E-state index in [1.807, 2.05) is 0 Å². The molecule has 19 heavy (non-hydrogen) atoms. The van der Waals surface area contributed by atoms with Crippen LogP contribution in [0.25, 0.3) is 0 Å². The van der Waals surface area contributed by atoms with Gasteiger partial charge >= 0.3 is 0 Å². The van der Waals surface area contributed by atoms with Crippen LogP contribution in [0.2, 0.25) is 0 Å². The molecule has 1 saturated carbocycles. The zero-order valence-electron chi connectivity index (χ0n) is 12.8. The monoisotopic (exact) mass is 260 g/mol. The fourth-order valence-corrected chi connectivity index (χ4v) is 3.92. The van der Waals surface area contributed by atoms with Gasteiger partial charge in [0.1, 0.15) is 0 Å². The van der Waals surface area contributed by atoms with Gasteiger partial charge in [-0.05, 0) is 43.1 Å². The summed E-state index contributed by atoms with van der Waals surface area (Å²) in [6.07, 6.45) is 4.19. The van der Waals surface area contributed by atoms with Crippen LogP contribution in [0.1, 0.15) is 51.2 Å². The Morgan fingerprint density at radius 1 is 1.32 bits per heavy atom. The van der Waals surface area contributed by atoms with Gasteiger partial charge in [-0.25, -0.2) is 0 Å². The first-order chi connectivity index (χ1) is 8.90. The highest BCUT2D eigenvalue weighted by molar-refractivity contribution is 5.24. The summed E-state index contributed by atoms with van der Waals surface area (Å²) < 4.78 is 0. The first kappa shape index (κ1) is 14.6. The van der Waals surface area contributed by atoms with Gasteiger partial charge in [0, 0.05) is 6.42 Å². The average molecular weight is 260 g/mol. The van der Waals surface area contributed by atoms with E-state index in [0.29, 0.717) is 17.8 Å². The average Bonchev–Trinajstić information content (AvgIpc) is 2.27. The lowest BCUT2D eigenvalue weighted by Crippen LogP contribution is -2.47. The van der Waals surface area contributed by atoms with Crippen molar-refractivity contribution in [1.29, 1.82) is 0 Å². The molecule has 0 spiro atoms. The SMILES string of the molecule is Cc1cccc(CC2(O)CC(C)CCC2C(C)C)c1. The Morgan fingerprint density at radius 3 is 2.68 bits per heavy atom. The molecule has 3 unspecified atom stereocenters. The zero-order valence-corrected chi connectivity index (χ0v) is 12.8. The summed E-state index contributed by atoms with van der Waals surface area (Å²) in [4.78, 5) is 0. The summed E-state index contributed by atoms with van der Waals surface area (Å²) in [7, 11) is 0. The van der Waals surface area contributed by atoms with Crippen LogP contribution in [0.15, 0.2) is 24.3 Å². The van der Waals surface area contributed by atoms with Gasteiger partial charge in [0.2, 0.25) is 0 Å². The number of benzene rings is 1. The predicted molar refractivity (Wildman–Crippen MR) is 81.2 cm³/mol. The molecule has 1 aliphatic carbocycles. The molecule has 1 nitrogen and oxygen atoms in total. The molecule has 1 fully saturated rings. The smallest absolute Gasteiger partial charge is 0.0720 e. The Morgan fingerprint density at radius 2 is 2.05 bits per heavy atom. The molecule has 0 aliphatic heterocycles. The van der Waals surface area contributed by atoms with Crippen molar-refractivity contribution in [2.24, 2.45) is 17.8 Å². The number of rotatable bonds is 3. The Hall–Kier alpha value is -0.820. The minimum absolute atomic E-state index is 0.434. The van der Waals surface area contributed by atoms with Crippen LogP contribution in [0.4, 0.5) is 0 Å². The quantitative estimate of drug-likeness (QED) is 0.856. The third kappa shape index (κ3) is 3.39. The van der Waals surface area contributed by atoms with Gasteiger partial charge in [0.15, 0.2) is 0 Å². The predicted octanol–water partition coefficient (Wildman–Crippen LogP) is 4.36. The lowest BCUT2D eigenvalue weighted by Gasteiger charge is -2.45. The van der Waals surface area contributed by atoms with Gasteiger partial charge in [0.25, 0.3) is 0 Å². The maximum absolute atomic E-state index is 11.2. The largest absolute Gasteiger partial charge is 0.389 e. The molecule has 1 heteroatoms. The maximum atomic E-state index is 11.2. The number of hydrogen-bond acceptors (Lipinski definition) is 1. The Balaban J connectivity index is 2.21. The Bertz CT molecular complexity index is 423. The molecule has 0 heterocycles. The van der Waals surface area contributed by atoms with Crippen molar-refractivity contribution in [2.75, 3.05) is 0 Å². The molecule has 1 aromatic rings. The summed E-state index contributed by atoms with van der Waals surface area (Å²) in [5, 5.41) is 11.2. The molecule has 0 saturated heterocycles. The van der Waals surface area contributed by atoms with E-state index in [0.717, 1.165) is 12.8 Å². The topological polar surface area (TPSA) is 20.2 Å². The summed E-state index contributed by atoms with van der Waals surface area (Å²) in [6.45, 7) is 8.90. The van der Waals surface area contributed by atoms with Gasteiger partial charge in [-0.15, -0.1) is 0 Å². The van der Waals surface area contributed by atoms with Crippen LogP contribution in [0, 0.1) is 24.7 Å². The number of aryl methyl sites for hydroxylation is 1. The molecule has 0 aromatic heterocycles. The highest BCUT2D eigenvalue weighted by Gasteiger charge is 2.42. The van der Waals surface area contributed by atoms with Crippen LogP contribution in [0.3, 0.4) is 0 Å². The second kappa shape index (κ2) is 5.66. The minimum Gasteiger partial charge on any atom is -0.389 e. The molecule has 3 atom stereocenters. The summed E-state index contributed by atoms with van der Waals surface area (Å²) in [5.41, 5.74) is 2.05. The normalized spacial score (nSPS) is 31.7. The molecular formula is C18H28O. The summed E-state index contributed by atoms with van der Waals surface area (Å²) in [6, 6.07) is 8.60. The van der Waals surface area contributed by atoms with E-state index >= 15 is 0 Å². The van der Waals surface area contributed by atoms with Crippen molar-refractivity contribution in [3.05, 3.63) is 35.4 Å². The van der Waals surface area contributed by atoms with Crippen LogP contribution in [-0.4, -0.2) is 10.7 Å². The molecule has 1 aromatic carbocycles. The molecule has 1 aliphatic rings. The molecule has 106 valence electrons. The van der Waals surface area contributed by atoms with Crippen LogP contribution < -0.4 is 0 Å². The van der Waals surface area contributed by atoms with Crippen molar-refractivity contribution in [2.45, 2.75) is 59.0 Å². The minimum atomic E-state index is -0.514. The van der Waals surface area contributed by atoms with E-state index in [-0.39, 0.29) is 0 Å². The van der Waals surface area contributed by atoms with Crippen molar-refractivity contribution in [3.63, 3.8) is 0 Å². The van der Waals surface area contributed by atoms with Crippen molar-refractivity contribution < 1.29 is 5.11 Å². The van der Waals surface area contributed by atoms with Crippen LogP contribution in [-0.2, 0) is 6.42 Å². The van der Waals surface area contributed by atoms with Gasteiger partial charge in [-0.1, -0.05) is 57.0 Å². The van der Waals surface area contributed by atoms with Crippen molar-refractivity contribution >= 4 is 0 Å². The summed E-state index contributed by atoms with van der Waals surface area (Å²) in [5.74, 6) is 1.64. The second-order valence-electron chi connectivity index (χ2n) is 7.01. The van der Waals surface area contributed by atoms with Gasteiger partial charge in [0.05, 0.1) is 5.60 Å². The van der Waals surface area contributed by atoms with Crippen LogP contribution in [0.5, 0.6) is 0 Å². The van der Waals surface area contributed by atoms with E-state index < -0.39 is 5.60 Å². The molecular weight excluding hydrogens is 232 g/mol. The van der Waals surface area contributed by atoms with E-state index in [2.05, 4.69) is 52.0 Å². The van der Waals surface area contributed by atoms with Gasteiger partial charge in [-0.3, -0.25) is 0 Å². The number of aliphatic hydroxyl groups is 1. The molecule has 1 N–H and O–H groups in total. The number of hydrogen-bond donors (Lipinski definition) is 1. The van der Waals surface area contributed by atoms with E-state index in [1.54, 1.807) is 0 Å². The van der Waals surface area contributed by atoms with E-state index in [1.165, 1.54) is 24.0 Å². The lowest BCUT2D eigenvalue weighted by atomic mass is 9.65. The fraction of sp³-hybridized carbons (Fsp3) is 0.667. The highest BCUT2D eigenvalue weighted by Crippen LogP contribution is 2.42. The van der Waals surface area contributed by atoms with E-state index in [4.69, 9.17) is 0 Å². The molecule has 0 bridgehead atoms. The van der Waals surface area contributed by atoms with Crippen molar-refractivity contribution in [1.82, 2.24) is 0 Å². The standard InChI is InChI=1S/C18H28O/c1-13(2)17-9-8-15(4)11-18(17,19)12-16-7-5-6-14(3)10-16/h5-7,10,13,15,17,19H,8-9,11-12H2,1-4H3. The summed E-state index contributed by atoms with van der Waals surface area (Å²) >= 11 is 0. The highest BCUT2D eigenvalue weighted by atomic mass is 16.3. The maximum Gasteiger partial charge on any atom is 0.0720 e. The van der Waals surface area contributed by atoms with E-state index in [9.17, 15) is 5.11 Å². The Kier molecular flexibility index (Phi) is 4.35. The lowest BCUT2D eigenvalue weighted by molar-refractivity contribution is -0.0795. The fourth-order valence-electron chi connectivity index (χ4n) is 3.92. The van der Waals surface area contributed by atoms with Crippen LogP contribution >= 0.6 is 0 Å². The van der Waals surface area contributed by atoms with Gasteiger partial charge in [-0.2, -0.15) is 0 Å². The Labute approximate surface area is 118 Å². The zero-order chi connectivity index (χ0) is 14.0. The van der Waals surface area contributed by atoms with Crippen molar-refractivity contribution in [3.8, 4) is 0 Å². The first-order valence-electron chi connectivity index (χ1n) is 7.68.